The van der Waals surface area contributed by atoms with E-state index in [2.05, 4.69) is 10.3 Å². The van der Waals surface area contributed by atoms with Crippen molar-refractivity contribution in [2.24, 2.45) is 4.99 Å². The lowest BCUT2D eigenvalue weighted by Gasteiger charge is -2.19. The second-order valence-electron chi connectivity index (χ2n) is 4.04. The minimum atomic E-state index is -0.611. The summed E-state index contributed by atoms with van der Waals surface area (Å²) in [7, 11) is 0. The van der Waals surface area contributed by atoms with Crippen LogP contribution in [0.15, 0.2) is 47.5 Å². The summed E-state index contributed by atoms with van der Waals surface area (Å²) in [5.74, 6) is -0.981. The van der Waals surface area contributed by atoms with Crippen LogP contribution in [-0.4, -0.2) is 5.84 Å². The van der Waals surface area contributed by atoms with Crippen molar-refractivity contribution >= 4 is 11.5 Å². The molecular weight excluding hydrogens is 234 g/mol. The van der Waals surface area contributed by atoms with Gasteiger partial charge in [-0.25, -0.2) is 8.78 Å². The first-order valence-electron chi connectivity index (χ1n) is 5.59. The van der Waals surface area contributed by atoms with Gasteiger partial charge in [-0.1, -0.05) is 24.3 Å². The molecule has 0 saturated carbocycles. The Balaban J connectivity index is 2.04. The van der Waals surface area contributed by atoms with E-state index >= 15 is 0 Å². The van der Waals surface area contributed by atoms with Gasteiger partial charge in [0.05, 0.1) is 12.1 Å². The van der Waals surface area contributed by atoms with Crippen molar-refractivity contribution in [3.8, 4) is 0 Å². The van der Waals surface area contributed by atoms with Gasteiger partial charge < -0.3 is 5.32 Å². The maximum Gasteiger partial charge on any atom is 0.139 e. The summed E-state index contributed by atoms with van der Waals surface area (Å²) in [6, 6.07) is 11.4. The van der Waals surface area contributed by atoms with Gasteiger partial charge in [0.25, 0.3) is 0 Å². The molecule has 0 radical (unpaired) electrons. The molecule has 1 N–H and O–H groups in total. The molecule has 0 amide bonds. The molecule has 90 valence electrons. The SMILES string of the molecule is Fc1cccc(F)c1C1=NCc2ccccc2N1. The first-order valence-corrected chi connectivity index (χ1v) is 5.59. The van der Waals surface area contributed by atoms with E-state index in [0.717, 1.165) is 11.3 Å². The molecule has 1 heterocycles. The predicted octanol–water partition coefficient (Wildman–Crippen LogP) is 3.34. The Kier molecular flexibility index (Phi) is 2.55. The number of hydrogen-bond donors (Lipinski definition) is 1. The number of anilines is 1. The van der Waals surface area contributed by atoms with Gasteiger partial charge in [0.2, 0.25) is 0 Å². The van der Waals surface area contributed by atoms with Crippen molar-refractivity contribution in [3.63, 3.8) is 0 Å². The van der Waals surface area contributed by atoms with Crippen LogP contribution in [0, 0.1) is 11.6 Å². The standard InChI is InChI=1S/C14H10F2N2/c15-10-5-3-6-11(16)13(10)14-17-8-9-4-1-2-7-12(9)18-14/h1-7H,8H2,(H,17,18). The van der Waals surface area contributed by atoms with E-state index in [1.54, 1.807) is 0 Å². The van der Waals surface area contributed by atoms with E-state index in [-0.39, 0.29) is 11.4 Å². The number of nitrogens with one attached hydrogen (secondary N) is 1. The molecule has 3 rings (SSSR count). The fourth-order valence-corrected chi connectivity index (χ4v) is 1.98. The maximum atomic E-state index is 13.7. The fraction of sp³-hybridized carbons (Fsp3) is 0.0714. The average molecular weight is 244 g/mol. The number of amidine groups is 1. The number of para-hydroxylation sites is 1. The van der Waals surface area contributed by atoms with Crippen LogP contribution in [-0.2, 0) is 6.54 Å². The van der Waals surface area contributed by atoms with Crippen molar-refractivity contribution in [1.29, 1.82) is 0 Å². The largest absolute Gasteiger partial charge is 0.340 e. The summed E-state index contributed by atoms with van der Waals surface area (Å²) in [6.07, 6.45) is 0. The second kappa shape index (κ2) is 4.22. The van der Waals surface area contributed by atoms with E-state index in [0.29, 0.717) is 6.54 Å². The van der Waals surface area contributed by atoms with Gasteiger partial charge in [-0.15, -0.1) is 0 Å². The van der Waals surface area contributed by atoms with Crippen molar-refractivity contribution in [2.75, 3.05) is 5.32 Å². The van der Waals surface area contributed by atoms with Gasteiger partial charge in [-0.05, 0) is 23.8 Å². The summed E-state index contributed by atoms with van der Waals surface area (Å²) in [6.45, 7) is 0.423. The first kappa shape index (κ1) is 10.9. The van der Waals surface area contributed by atoms with Gasteiger partial charge >= 0.3 is 0 Å². The van der Waals surface area contributed by atoms with Crippen LogP contribution in [0.5, 0.6) is 0 Å². The minimum absolute atomic E-state index is 0.105. The number of halogens is 2. The molecular formula is C14H10F2N2. The van der Waals surface area contributed by atoms with Crippen LogP contribution >= 0.6 is 0 Å². The molecule has 1 aliphatic heterocycles. The molecule has 0 spiro atoms. The van der Waals surface area contributed by atoms with Crippen molar-refractivity contribution in [1.82, 2.24) is 0 Å². The van der Waals surface area contributed by atoms with Crippen molar-refractivity contribution in [3.05, 3.63) is 65.2 Å². The number of benzene rings is 2. The van der Waals surface area contributed by atoms with Crippen LogP contribution in [0.1, 0.15) is 11.1 Å². The average Bonchev–Trinajstić information content (AvgIpc) is 2.38. The zero-order valence-corrected chi connectivity index (χ0v) is 9.45. The molecule has 2 nitrogen and oxygen atoms in total. The zero-order valence-electron chi connectivity index (χ0n) is 9.45. The molecule has 0 unspecified atom stereocenters. The Bertz CT molecular complexity index is 615. The molecule has 4 heteroatoms. The lowest BCUT2D eigenvalue weighted by molar-refractivity contribution is 0.578. The molecule has 0 aliphatic carbocycles. The normalized spacial score (nSPS) is 13.6. The van der Waals surface area contributed by atoms with Gasteiger partial charge in [-0.3, -0.25) is 4.99 Å². The second-order valence-corrected chi connectivity index (χ2v) is 4.04. The number of nitrogens with zero attached hydrogens (tertiary/aromatic N) is 1. The number of aliphatic imine (C=N–C) groups is 1. The minimum Gasteiger partial charge on any atom is -0.340 e. The Morgan fingerprint density at radius 3 is 2.44 bits per heavy atom. The lowest BCUT2D eigenvalue weighted by atomic mass is 10.1. The molecule has 0 aromatic heterocycles. The topological polar surface area (TPSA) is 24.4 Å². The third kappa shape index (κ3) is 1.76. The highest BCUT2D eigenvalue weighted by Gasteiger charge is 2.18. The summed E-state index contributed by atoms with van der Waals surface area (Å²) in [5.41, 5.74) is 1.75. The summed E-state index contributed by atoms with van der Waals surface area (Å²) in [4.78, 5) is 4.19. The number of rotatable bonds is 1. The molecule has 0 saturated heterocycles. The Morgan fingerprint density at radius 2 is 1.67 bits per heavy atom. The quantitative estimate of drug-likeness (QED) is 0.817. The third-order valence-electron chi connectivity index (χ3n) is 2.88. The van der Waals surface area contributed by atoms with Crippen LogP contribution in [0.3, 0.4) is 0 Å². The molecule has 0 fully saturated rings. The highest BCUT2D eigenvalue weighted by Crippen LogP contribution is 2.23. The van der Waals surface area contributed by atoms with E-state index < -0.39 is 11.6 Å². The molecule has 1 aliphatic rings. The van der Waals surface area contributed by atoms with Crippen LogP contribution < -0.4 is 5.32 Å². The smallest absolute Gasteiger partial charge is 0.139 e. The highest BCUT2D eigenvalue weighted by atomic mass is 19.1. The van der Waals surface area contributed by atoms with E-state index in [1.807, 2.05) is 24.3 Å². The van der Waals surface area contributed by atoms with E-state index in [4.69, 9.17) is 0 Å². The predicted molar refractivity (Wildman–Crippen MR) is 66.7 cm³/mol. The Hall–Kier alpha value is -2.23. The Morgan fingerprint density at radius 1 is 0.944 bits per heavy atom. The zero-order chi connectivity index (χ0) is 12.5. The first-order chi connectivity index (χ1) is 8.75. The van der Waals surface area contributed by atoms with Gasteiger partial charge in [0.15, 0.2) is 0 Å². The van der Waals surface area contributed by atoms with E-state index in [1.165, 1.54) is 18.2 Å². The fourth-order valence-electron chi connectivity index (χ4n) is 1.98. The molecule has 2 aromatic rings. The van der Waals surface area contributed by atoms with Crippen molar-refractivity contribution in [2.45, 2.75) is 6.54 Å². The molecule has 2 aromatic carbocycles. The molecule has 0 atom stereocenters. The number of hydrogen-bond acceptors (Lipinski definition) is 2. The third-order valence-corrected chi connectivity index (χ3v) is 2.88. The summed E-state index contributed by atoms with van der Waals surface area (Å²) >= 11 is 0. The summed E-state index contributed by atoms with van der Waals surface area (Å²) in [5, 5.41) is 2.96. The number of fused-ring (bicyclic) bond motifs is 1. The Labute approximate surface area is 103 Å². The maximum absolute atomic E-state index is 13.7. The van der Waals surface area contributed by atoms with Gasteiger partial charge in [-0.2, -0.15) is 0 Å². The monoisotopic (exact) mass is 244 g/mol. The summed E-state index contributed by atoms with van der Waals surface area (Å²) < 4.78 is 27.3. The van der Waals surface area contributed by atoms with Crippen LogP contribution in [0.25, 0.3) is 0 Å². The van der Waals surface area contributed by atoms with E-state index in [9.17, 15) is 8.78 Å². The molecule has 0 bridgehead atoms. The van der Waals surface area contributed by atoms with Crippen LogP contribution in [0.2, 0.25) is 0 Å². The van der Waals surface area contributed by atoms with Crippen molar-refractivity contribution < 1.29 is 8.78 Å². The lowest BCUT2D eigenvalue weighted by Crippen LogP contribution is -2.21. The molecule has 18 heavy (non-hydrogen) atoms. The van der Waals surface area contributed by atoms with Crippen LogP contribution in [0.4, 0.5) is 14.5 Å². The highest BCUT2D eigenvalue weighted by molar-refractivity contribution is 6.09. The van der Waals surface area contributed by atoms with Gasteiger partial charge in [0, 0.05) is 5.69 Å². The van der Waals surface area contributed by atoms with Gasteiger partial charge in [0.1, 0.15) is 17.5 Å².